The normalized spacial score (nSPS) is 17.9. The van der Waals surface area contributed by atoms with Crippen molar-refractivity contribution >= 4 is 5.78 Å². The van der Waals surface area contributed by atoms with Gasteiger partial charge in [-0.3, -0.25) is 9.48 Å². The van der Waals surface area contributed by atoms with Gasteiger partial charge < -0.3 is 4.74 Å². The minimum Gasteiger partial charge on any atom is -0.381 e. The molecule has 82 valence electrons. The largest absolute Gasteiger partial charge is 0.381 e. The van der Waals surface area contributed by atoms with Crippen LogP contribution in [0.25, 0.3) is 0 Å². The zero-order valence-corrected chi connectivity index (χ0v) is 8.98. The number of carbonyl (C=O) groups is 1. The van der Waals surface area contributed by atoms with Gasteiger partial charge in [0.1, 0.15) is 5.69 Å². The van der Waals surface area contributed by atoms with Crippen molar-refractivity contribution in [1.29, 1.82) is 0 Å². The highest BCUT2D eigenvalue weighted by Gasteiger charge is 2.19. The van der Waals surface area contributed by atoms with Crippen molar-refractivity contribution in [3.05, 3.63) is 18.0 Å². The van der Waals surface area contributed by atoms with Gasteiger partial charge in [-0.25, -0.2) is 0 Å². The van der Waals surface area contributed by atoms with Crippen LogP contribution < -0.4 is 0 Å². The third-order valence-electron chi connectivity index (χ3n) is 2.92. The van der Waals surface area contributed by atoms with E-state index >= 15 is 0 Å². The summed E-state index contributed by atoms with van der Waals surface area (Å²) in [6.45, 7) is 1.59. The Morgan fingerprint density at radius 2 is 2.33 bits per heavy atom. The molecule has 1 aliphatic rings. The van der Waals surface area contributed by atoms with E-state index in [0.29, 0.717) is 18.0 Å². The Morgan fingerprint density at radius 3 is 2.93 bits per heavy atom. The number of Topliss-reactive ketones (excluding diaryl/α,β-unsaturated/α-hetero) is 1. The van der Waals surface area contributed by atoms with Gasteiger partial charge in [-0.2, -0.15) is 5.10 Å². The van der Waals surface area contributed by atoms with Crippen molar-refractivity contribution in [3.63, 3.8) is 0 Å². The van der Waals surface area contributed by atoms with Gasteiger partial charge in [0.25, 0.3) is 0 Å². The first kappa shape index (κ1) is 10.4. The van der Waals surface area contributed by atoms with Crippen LogP contribution in [-0.4, -0.2) is 28.8 Å². The molecular formula is C11H16N2O2. The standard InChI is InChI=1S/C11H16N2O2/c1-13-10(2-5-12-13)11(14)8-9-3-6-15-7-4-9/h2,5,9H,3-4,6-8H2,1H3. The number of ether oxygens (including phenoxy) is 1. The molecule has 0 aromatic carbocycles. The number of hydrogen-bond donors (Lipinski definition) is 0. The lowest BCUT2D eigenvalue weighted by molar-refractivity contribution is 0.0598. The molecule has 0 atom stereocenters. The van der Waals surface area contributed by atoms with Crippen LogP contribution in [0.15, 0.2) is 12.3 Å². The fourth-order valence-corrected chi connectivity index (χ4v) is 1.96. The lowest BCUT2D eigenvalue weighted by atomic mass is 9.93. The predicted octanol–water partition coefficient (Wildman–Crippen LogP) is 1.42. The lowest BCUT2D eigenvalue weighted by Crippen LogP contribution is -2.19. The van der Waals surface area contributed by atoms with E-state index in [-0.39, 0.29) is 5.78 Å². The number of nitrogens with zero attached hydrogens (tertiary/aromatic N) is 2. The molecular weight excluding hydrogens is 192 g/mol. The third kappa shape index (κ3) is 2.45. The number of hydrogen-bond acceptors (Lipinski definition) is 3. The van der Waals surface area contributed by atoms with Crippen LogP contribution in [0.1, 0.15) is 29.8 Å². The van der Waals surface area contributed by atoms with E-state index in [9.17, 15) is 4.79 Å². The van der Waals surface area contributed by atoms with Crippen LogP contribution in [-0.2, 0) is 11.8 Å². The van der Waals surface area contributed by atoms with E-state index < -0.39 is 0 Å². The molecule has 1 aromatic heterocycles. The average Bonchev–Trinajstić information content (AvgIpc) is 2.66. The number of ketones is 1. The summed E-state index contributed by atoms with van der Waals surface area (Å²) in [6, 6.07) is 1.78. The lowest BCUT2D eigenvalue weighted by Gasteiger charge is -2.21. The first-order valence-corrected chi connectivity index (χ1v) is 5.36. The SMILES string of the molecule is Cn1nccc1C(=O)CC1CCOCC1. The Bertz CT molecular complexity index is 340. The zero-order chi connectivity index (χ0) is 10.7. The Hall–Kier alpha value is -1.16. The van der Waals surface area contributed by atoms with Crippen LogP contribution in [0.3, 0.4) is 0 Å². The molecule has 2 rings (SSSR count). The number of aryl methyl sites for hydroxylation is 1. The summed E-state index contributed by atoms with van der Waals surface area (Å²) in [4.78, 5) is 11.9. The highest BCUT2D eigenvalue weighted by atomic mass is 16.5. The van der Waals surface area contributed by atoms with E-state index in [1.54, 1.807) is 24.0 Å². The van der Waals surface area contributed by atoms with Crippen molar-refractivity contribution in [2.24, 2.45) is 13.0 Å². The van der Waals surface area contributed by atoms with Crippen molar-refractivity contribution in [3.8, 4) is 0 Å². The zero-order valence-electron chi connectivity index (χ0n) is 8.98. The van der Waals surface area contributed by atoms with Crippen LogP contribution >= 0.6 is 0 Å². The maximum absolute atomic E-state index is 11.9. The quantitative estimate of drug-likeness (QED) is 0.706. The minimum atomic E-state index is 0.196. The molecule has 4 heteroatoms. The van der Waals surface area contributed by atoms with Gasteiger partial charge in [-0.15, -0.1) is 0 Å². The Morgan fingerprint density at radius 1 is 1.60 bits per heavy atom. The molecule has 0 radical (unpaired) electrons. The van der Waals surface area contributed by atoms with Crippen LogP contribution in [0, 0.1) is 5.92 Å². The molecule has 0 bridgehead atoms. The smallest absolute Gasteiger partial charge is 0.181 e. The van der Waals surface area contributed by atoms with Gasteiger partial charge in [-0.05, 0) is 24.8 Å². The van der Waals surface area contributed by atoms with Gasteiger partial charge in [0.05, 0.1) is 0 Å². The van der Waals surface area contributed by atoms with Crippen molar-refractivity contribution in [2.45, 2.75) is 19.3 Å². The van der Waals surface area contributed by atoms with Crippen molar-refractivity contribution in [1.82, 2.24) is 9.78 Å². The molecule has 1 saturated heterocycles. The average molecular weight is 208 g/mol. The summed E-state index contributed by atoms with van der Waals surface area (Å²) in [6.07, 6.45) is 4.30. The Kier molecular flexibility index (Phi) is 3.16. The highest BCUT2D eigenvalue weighted by molar-refractivity contribution is 5.94. The van der Waals surface area contributed by atoms with Crippen LogP contribution in [0.5, 0.6) is 0 Å². The summed E-state index contributed by atoms with van der Waals surface area (Å²) in [7, 11) is 1.80. The number of aromatic nitrogens is 2. The molecule has 1 aromatic rings. The van der Waals surface area contributed by atoms with Gasteiger partial charge in [0, 0.05) is 32.9 Å². The summed E-state index contributed by atoms with van der Waals surface area (Å²) in [5.74, 6) is 0.683. The third-order valence-corrected chi connectivity index (χ3v) is 2.92. The summed E-state index contributed by atoms with van der Waals surface area (Å²) in [5, 5.41) is 4.00. The van der Waals surface area contributed by atoms with E-state index in [0.717, 1.165) is 26.1 Å². The number of carbonyl (C=O) groups excluding carboxylic acids is 1. The molecule has 0 aliphatic carbocycles. The predicted molar refractivity (Wildman–Crippen MR) is 55.7 cm³/mol. The second kappa shape index (κ2) is 4.57. The van der Waals surface area contributed by atoms with Gasteiger partial charge in [0.15, 0.2) is 5.78 Å². The maximum Gasteiger partial charge on any atom is 0.181 e. The monoisotopic (exact) mass is 208 g/mol. The van der Waals surface area contributed by atoms with Crippen LogP contribution in [0.2, 0.25) is 0 Å². The second-order valence-corrected chi connectivity index (χ2v) is 4.02. The Labute approximate surface area is 89.2 Å². The second-order valence-electron chi connectivity index (χ2n) is 4.02. The number of rotatable bonds is 3. The molecule has 0 saturated carbocycles. The highest BCUT2D eigenvalue weighted by Crippen LogP contribution is 2.20. The topological polar surface area (TPSA) is 44.1 Å². The molecule has 4 nitrogen and oxygen atoms in total. The molecule has 0 N–H and O–H groups in total. The van der Waals surface area contributed by atoms with Crippen LogP contribution in [0.4, 0.5) is 0 Å². The van der Waals surface area contributed by atoms with E-state index in [1.165, 1.54) is 0 Å². The van der Waals surface area contributed by atoms with E-state index in [1.807, 2.05) is 0 Å². The molecule has 1 fully saturated rings. The van der Waals surface area contributed by atoms with E-state index in [2.05, 4.69) is 5.10 Å². The minimum absolute atomic E-state index is 0.196. The van der Waals surface area contributed by atoms with Crippen molar-refractivity contribution in [2.75, 3.05) is 13.2 Å². The van der Waals surface area contributed by atoms with Crippen molar-refractivity contribution < 1.29 is 9.53 Å². The summed E-state index contributed by atoms with van der Waals surface area (Å²) >= 11 is 0. The summed E-state index contributed by atoms with van der Waals surface area (Å²) < 4.78 is 6.91. The van der Waals surface area contributed by atoms with Gasteiger partial charge in [0.2, 0.25) is 0 Å². The first-order valence-electron chi connectivity index (χ1n) is 5.36. The maximum atomic E-state index is 11.9. The molecule has 15 heavy (non-hydrogen) atoms. The molecule has 0 amide bonds. The fraction of sp³-hybridized carbons (Fsp3) is 0.636. The molecule has 2 heterocycles. The summed E-state index contributed by atoms with van der Waals surface area (Å²) in [5.41, 5.74) is 0.710. The van der Waals surface area contributed by atoms with Gasteiger partial charge in [-0.1, -0.05) is 0 Å². The van der Waals surface area contributed by atoms with Gasteiger partial charge >= 0.3 is 0 Å². The molecule has 0 spiro atoms. The van der Waals surface area contributed by atoms with E-state index in [4.69, 9.17) is 4.74 Å². The molecule has 1 aliphatic heterocycles. The fourth-order valence-electron chi connectivity index (χ4n) is 1.96. The molecule has 0 unspecified atom stereocenters. The Balaban J connectivity index is 1.94. The first-order chi connectivity index (χ1) is 7.27.